The second-order valence-corrected chi connectivity index (χ2v) is 1.50. The second kappa shape index (κ2) is 42.5. The molecule has 0 spiro atoms. The Bertz CT molecular complexity index is 70.4. The molecule has 0 heterocycles. The van der Waals surface area contributed by atoms with Gasteiger partial charge in [0.1, 0.15) is 0 Å². The molecular formula is C8H25N3O2. The van der Waals surface area contributed by atoms with Crippen molar-refractivity contribution in [2.24, 2.45) is 17.2 Å². The first-order valence-electron chi connectivity index (χ1n) is 4.22. The molecule has 0 aromatic rings. The van der Waals surface area contributed by atoms with Crippen LogP contribution in [0.4, 0.5) is 0 Å². The van der Waals surface area contributed by atoms with E-state index in [2.05, 4.69) is 17.2 Å². The van der Waals surface area contributed by atoms with Crippen LogP contribution in [0.3, 0.4) is 0 Å². The normalized spacial score (nSPS) is 6.08. The lowest BCUT2D eigenvalue weighted by Gasteiger charge is -1.85. The van der Waals surface area contributed by atoms with Gasteiger partial charge in [-0.15, -0.1) is 0 Å². The molecule has 0 aliphatic rings. The van der Waals surface area contributed by atoms with Crippen LogP contribution in [0.5, 0.6) is 0 Å². The van der Waals surface area contributed by atoms with E-state index in [0.29, 0.717) is 6.42 Å². The lowest BCUT2D eigenvalue weighted by molar-refractivity contribution is -0.137. The predicted octanol–water partition coefficient (Wildman–Crippen LogP) is -0.0141. The van der Waals surface area contributed by atoms with Crippen LogP contribution in [0.2, 0.25) is 0 Å². The SMILES string of the molecule is CCCCC(=O)O.CN.CN.CN. The molecule has 0 aromatic heterocycles. The molecule has 0 saturated heterocycles. The van der Waals surface area contributed by atoms with Crippen LogP contribution in [0.1, 0.15) is 26.2 Å². The average Bonchev–Trinajstić information content (AvgIpc) is 2.24. The van der Waals surface area contributed by atoms with Gasteiger partial charge >= 0.3 is 5.97 Å². The molecule has 0 bridgehead atoms. The Balaban J connectivity index is -0.0000000573. The van der Waals surface area contributed by atoms with E-state index in [9.17, 15) is 4.79 Å². The first-order valence-corrected chi connectivity index (χ1v) is 4.22. The molecule has 0 amide bonds. The number of unbranched alkanes of at least 4 members (excludes halogenated alkanes) is 1. The summed E-state index contributed by atoms with van der Waals surface area (Å²) in [4.78, 5) is 9.76. The molecule has 0 saturated carbocycles. The number of carboxylic acids is 1. The third-order valence-corrected chi connectivity index (χ3v) is 0.744. The van der Waals surface area contributed by atoms with Gasteiger partial charge in [-0.2, -0.15) is 0 Å². The molecule has 13 heavy (non-hydrogen) atoms. The zero-order valence-corrected chi connectivity index (χ0v) is 9.21. The van der Waals surface area contributed by atoms with Crippen molar-refractivity contribution in [3.8, 4) is 0 Å². The molecule has 84 valence electrons. The van der Waals surface area contributed by atoms with Gasteiger partial charge in [0, 0.05) is 6.42 Å². The van der Waals surface area contributed by atoms with Gasteiger partial charge in [0.2, 0.25) is 0 Å². The van der Waals surface area contributed by atoms with Crippen molar-refractivity contribution in [2.75, 3.05) is 21.1 Å². The number of carbonyl (C=O) groups is 1. The molecule has 0 atom stereocenters. The Hall–Kier alpha value is -0.650. The maximum Gasteiger partial charge on any atom is 0.303 e. The van der Waals surface area contributed by atoms with Crippen molar-refractivity contribution >= 4 is 5.97 Å². The number of hydrogen-bond acceptors (Lipinski definition) is 4. The van der Waals surface area contributed by atoms with Crippen molar-refractivity contribution in [3.63, 3.8) is 0 Å². The predicted molar refractivity (Wildman–Crippen MR) is 57.5 cm³/mol. The molecule has 0 aromatic carbocycles. The molecular weight excluding hydrogens is 170 g/mol. The molecule has 5 heteroatoms. The van der Waals surface area contributed by atoms with Gasteiger partial charge < -0.3 is 22.3 Å². The summed E-state index contributed by atoms with van der Waals surface area (Å²) in [7, 11) is 4.50. The van der Waals surface area contributed by atoms with Crippen molar-refractivity contribution < 1.29 is 9.90 Å². The molecule has 0 rings (SSSR count). The van der Waals surface area contributed by atoms with E-state index in [1.165, 1.54) is 21.1 Å². The molecule has 7 N–H and O–H groups in total. The van der Waals surface area contributed by atoms with Gasteiger partial charge in [0.25, 0.3) is 0 Å². The molecule has 0 aliphatic carbocycles. The zero-order chi connectivity index (χ0) is 11.7. The van der Waals surface area contributed by atoms with E-state index >= 15 is 0 Å². The van der Waals surface area contributed by atoms with Crippen molar-refractivity contribution in [3.05, 3.63) is 0 Å². The summed E-state index contributed by atoms with van der Waals surface area (Å²) in [6.07, 6.45) is 2.08. The average molecular weight is 195 g/mol. The van der Waals surface area contributed by atoms with Gasteiger partial charge in [-0.3, -0.25) is 4.79 Å². The highest BCUT2D eigenvalue weighted by atomic mass is 16.4. The van der Waals surface area contributed by atoms with Crippen LogP contribution in [0.25, 0.3) is 0 Å². The fraction of sp³-hybridized carbons (Fsp3) is 0.875. The minimum absolute atomic E-state index is 0.316. The molecule has 5 nitrogen and oxygen atoms in total. The minimum atomic E-state index is -0.693. The highest BCUT2D eigenvalue weighted by Gasteiger charge is 1.90. The van der Waals surface area contributed by atoms with Gasteiger partial charge in [-0.1, -0.05) is 13.3 Å². The summed E-state index contributed by atoms with van der Waals surface area (Å²) < 4.78 is 0. The van der Waals surface area contributed by atoms with Crippen molar-refractivity contribution in [1.29, 1.82) is 0 Å². The number of aliphatic carboxylic acids is 1. The Morgan fingerprint density at radius 1 is 1.08 bits per heavy atom. The molecule has 0 radical (unpaired) electrons. The first kappa shape index (κ1) is 22.8. The Morgan fingerprint density at radius 2 is 1.38 bits per heavy atom. The van der Waals surface area contributed by atoms with Gasteiger partial charge in [0.05, 0.1) is 0 Å². The Kier molecular flexibility index (Phi) is 74.6. The second-order valence-electron chi connectivity index (χ2n) is 1.50. The summed E-state index contributed by atoms with van der Waals surface area (Å²) in [5, 5.41) is 8.04. The Labute approximate surface area is 81.3 Å². The van der Waals surface area contributed by atoms with Gasteiger partial charge in [-0.25, -0.2) is 0 Å². The van der Waals surface area contributed by atoms with Gasteiger partial charge in [0.15, 0.2) is 0 Å². The van der Waals surface area contributed by atoms with E-state index in [4.69, 9.17) is 5.11 Å². The maximum absolute atomic E-state index is 9.76. The Morgan fingerprint density at radius 3 is 1.46 bits per heavy atom. The highest BCUT2D eigenvalue weighted by Crippen LogP contribution is 1.91. The zero-order valence-electron chi connectivity index (χ0n) is 9.21. The maximum atomic E-state index is 9.76. The van der Waals surface area contributed by atoms with Crippen LogP contribution in [-0.4, -0.2) is 32.2 Å². The number of hydrogen-bond donors (Lipinski definition) is 4. The van der Waals surface area contributed by atoms with Crippen molar-refractivity contribution in [2.45, 2.75) is 26.2 Å². The fourth-order valence-corrected chi connectivity index (χ4v) is 0.328. The highest BCUT2D eigenvalue weighted by molar-refractivity contribution is 5.66. The monoisotopic (exact) mass is 195 g/mol. The summed E-state index contributed by atoms with van der Waals surface area (Å²) in [5.74, 6) is -0.693. The summed E-state index contributed by atoms with van der Waals surface area (Å²) in [6.45, 7) is 1.98. The first-order chi connectivity index (χ1) is 6.27. The number of carboxylic acid groups (broad SMARTS) is 1. The van der Waals surface area contributed by atoms with Crippen LogP contribution in [0.15, 0.2) is 0 Å². The largest absolute Gasteiger partial charge is 0.481 e. The van der Waals surface area contributed by atoms with E-state index in [0.717, 1.165) is 12.8 Å². The topological polar surface area (TPSA) is 115 Å². The standard InChI is InChI=1S/C5H10O2.3CH5N/c1-2-3-4-5(6)7;3*1-2/h2-4H2,1H3,(H,6,7);3*2H2,1H3. The van der Waals surface area contributed by atoms with E-state index < -0.39 is 5.97 Å². The van der Waals surface area contributed by atoms with E-state index in [-0.39, 0.29) is 0 Å². The number of nitrogens with two attached hydrogens (primary N) is 3. The summed E-state index contributed by atoms with van der Waals surface area (Å²) in [5.41, 5.74) is 13.5. The van der Waals surface area contributed by atoms with E-state index in [1.54, 1.807) is 0 Å². The quantitative estimate of drug-likeness (QED) is 0.505. The van der Waals surface area contributed by atoms with E-state index in [1.807, 2.05) is 6.92 Å². The number of rotatable bonds is 3. The van der Waals surface area contributed by atoms with Crippen LogP contribution in [0, 0.1) is 0 Å². The summed E-state index contributed by atoms with van der Waals surface area (Å²) >= 11 is 0. The lowest BCUT2D eigenvalue weighted by atomic mass is 10.3. The van der Waals surface area contributed by atoms with Gasteiger partial charge in [-0.05, 0) is 27.6 Å². The third-order valence-electron chi connectivity index (χ3n) is 0.744. The van der Waals surface area contributed by atoms with Crippen molar-refractivity contribution in [1.82, 2.24) is 0 Å². The molecule has 0 aliphatic heterocycles. The van der Waals surface area contributed by atoms with Crippen LogP contribution >= 0.6 is 0 Å². The minimum Gasteiger partial charge on any atom is -0.481 e. The smallest absolute Gasteiger partial charge is 0.303 e. The fourth-order valence-electron chi connectivity index (χ4n) is 0.328. The van der Waals surface area contributed by atoms with Crippen LogP contribution in [-0.2, 0) is 4.79 Å². The third kappa shape index (κ3) is 88.4. The molecule has 0 fully saturated rings. The molecule has 0 unspecified atom stereocenters. The summed E-state index contributed by atoms with van der Waals surface area (Å²) in [6, 6.07) is 0. The lowest BCUT2D eigenvalue weighted by Crippen LogP contribution is -1.91. The van der Waals surface area contributed by atoms with Crippen LogP contribution < -0.4 is 17.2 Å².